The molecule has 2 aromatic carbocycles. The van der Waals surface area contributed by atoms with Crippen LogP contribution in [0.25, 0.3) is 0 Å². The summed E-state index contributed by atoms with van der Waals surface area (Å²) in [6.07, 6.45) is 0. The molecular formula is C16H17Cl2NO. The Labute approximate surface area is 129 Å². The Hall–Kier alpha value is -1.38. The summed E-state index contributed by atoms with van der Waals surface area (Å²) < 4.78 is 0. The predicted octanol–water partition coefficient (Wildman–Crippen LogP) is 5.43. The van der Waals surface area contributed by atoms with Gasteiger partial charge in [-0.15, -0.1) is 0 Å². The lowest BCUT2D eigenvalue weighted by Gasteiger charge is -2.11. The minimum Gasteiger partial charge on any atom is -0.506 e. The van der Waals surface area contributed by atoms with Gasteiger partial charge in [0.05, 0.1) is 5.02 Å². The van der Waals surface area contributed by atoms with E-state index < -0.39 is 0 Å². The highest BCUT2D eigenvalue weighted by Crippen LogP contribution is 2.31. The molecule has 0 aliphatic carbocycles. The van der Waals surface area contributed by atoms with Gasteiger partial charge in [0, 0.05) is 22.8 Å². The molecule has 0 fully saturated rings. The molecule has 20 heavy (non-hydrogen) atoms. The van der Waals surface area contributed by atoms with Crippen LogP contribution in [0.3, 0.4) is 0 Å². The van der Waals surface area contributed by atoms with Crippen molar-refractivity contribution >= 4 is 28.9 Å². The largest absolute Gasteiger partial charge is 0.506 e. The summed E-state index contributed by atoms with van der Waals surface area (Å²) >= 11 is 11.8. The lowest BCUT2D eigenvalue weighted by molar-refractivity contribution is 0.469. The molecule has 0 radical (unpaired) electrons. The van der Waals surface area contributed by atoms with Gasteiger partial charge < -0.3 is 10.4 Å². The molecule has 2 N–H and O–H groups in total. The zero-order valence-corrected chi connectivity index (χ0v) is 13.0. The molecule has 0 amide bonds. The number of rotatable bonds is 4. The molecule has 2 aromatic rings. The number of phenols is 1. The number of hydrogen-bond acceptors (Lipinski definition) is 2. The van der Waals surface area contributed by atoms with Crippen LogP contribution in [0.15, 0.2) is 36.4 Å². The van der Waals surface area contributed by atoms with E-state index in [1.165, 1.54) is 11.6 Å². The normalized spacial score (nSPS) is 10.8. The van der Waals surface area contributed by atoms with Gasteiger partial charge in [0.25, 0.3) is 0 Å². The van der Waals surface area contributed by atoms with Crippen LogP contribution >= 0.6 is 23.2 Å². The second-order valence-corrected chi connectivity index (χ2v) is 5.87. The summed E-state index contributed by atoms with van der Waals surface area (Å²) in [6, 6.07) is 11.5. The van der Waals surface area contributed by atoms with E-state index in [2.05, 4.69) is 31.3 Å². The van der Waals surface area contributed by atoms with E-state index in [-0.39, 0.29) is 10.8 Å². The predicted molar refractivity (Wildman–Crippen MR) is 86.0 cm³/mol. The number of hydrogen-bond donors (Lipinski definition) is 2. The lowest BCUT2D eigenvalue weighted by atomic mass is 10.0. The number of aromatic hydroxyl groups is 1. The minimum atomic E-state index is 0.0716. The van der Waals surface area contributed by atoms with Crippen molar-refractivity contribution in [3.63, 3.8) is 0 Å². The van der Waals surface area contributed by atoms with Gasteiger partial charge in [0.15, 0.2) is 0 Å². The minimum absolute atomic E-state index is 0.0716. The molecule has 0 aliphatic rings. The van der Waals surface area contributed by atoms with Gasteiger partial charge in [-0.1, -0.05) is 49.2 Å². The molecule has 106 valence electrons. The molecule has 0 saturated carbocycles. The Morgan fingerprint density at radius 2 is 1.75 bits per heavy atom. The van der Waals surface area contributed by atoms with Crippen LogP contribution in [-0.4, -0.2) is 5.11 Å². The molecule has 0 aromatic heterocycles. The molecule has 0 bridgehead atoms. The van der Waals surface area contributed by atoms with E-state index in [1.807, 2.05) is 12.1 Å². The van der Waals surface area contributed by atoms with Crippen molar-refractivity contribution in [2.45, 2.75) is 26.3 Å². The van der Waals surface area contributed by atoms with Gasteiger partial charge in [-0.05, 0) is 35.7 Å². The molecule has 0 unspecified atom stereocenters. The summed E-state index contributed by atoms with van der Waals surface area (Å²) in [6.45, 7) is 4.79. The van der Waals surface area contributed by atoms with Crippen LogP contribution in [0.1, 0.15) is 30.9 Å². The summed E-state index contributed by atoms with van der Waals surface area (Å²) in [5.74, 6) is 0.585. The number of halogens is 2. The first kappa shape index (κ1) is 15.0. The zero-order valence-electron chi connectivity index (χ0n) is 11.5. The smallest absolute Gasteiger partial charge is 0.139 e. The van der Waals surface area contributed by atoms with Gasteiger partial charge in [0.1, 0.15) is 5.75 Å². The van der Waals surface area contributed by atoms with Gasteiger partial charge in [-0.25, -0.2) is 0 Å². The number of nitrogens with one attached hydrogen (secondary N) is 1. The summed E-state index contributed by atoms with van der Waals surface area (Å²) in [5, 5.41) is 13.9. The van der Waals surface area contributed by atoms with Crippen LogP contribution < -0.4 is 5.32 Å². The molecule has 2 nitrogen and oxygen atoms in total. The zero-order chi connectivity index (χ0) is 14.7. The Morgan fingerprint density at radius 3 is 2.35 bits per heavy atom. The van der Waals surface area contributed by atoms with Gasteiger partial charge in [-0.2, -0.15) is 0 Å². The molecule has 0 atom stereocenters. The maximum Gasteiger partial charge on any atom is 0.139 e. The van der Waals surface area contributed by atoms with Gasteiger partial charge in [-0.3, -0.25) is 0 Å². The monoisotopic (exact) mass is 309 g/mol. The average Bonchev–Trinajstić information content (AvgIpc) is 2.41. The molecule has 0 heterocycles. The molecule has 0 saturated heterocycles. The highest BCUT2D eigenvalue weighted by atomic mass is 35.5. The van der Waals surface area contributed by atoms with Crippen LogP contribution in [0.5, 0.6) is 5.75 Å². The fraction of sp³-hybridized carbons (Fsp3) is 0.250. The Morgan fingerprint density at radius 1 is 1.10 bits per heavy atom. The number of benzene rings is 2. The molecule has 2 rings (SSSR count). The van der Waals surface area contributed by atoms with E-state index in [4.69, 9.17) is 23.2 Å². The maximum atomic E-state index is 9.89. The van der Waals surface area contributed by atoms with E-state index in [1.54, 1.807) is 6.07 Å². The first-order valence-electron chi connectivity index (χ1n) is 6.48. The van der Waals surface area contributed by atoms with Crippen molar-refractivity contribution in [3.05, 3.63) is 57.6 Å². The Balaban J connectivity index is 2.09. The summed E-state index contributed by atoms with van der Waals surface area (Å²) in [5.41, 5.74) is 2.96. The third kappa shape index (κ3) is 3.59. The van der Waals surface area contributed by atoms with Crippen molar-refractivity contribution in [1.82, 2.24) is 0 Å². The Bertz CT molecular complexity index is 594. The van der Waals surface area contributed by atoms with Gasteiger partial charge in [0.2, 0.25) is 0 Å². The van der Waals surface area contributed by atoms with Crippen molar-refractivity contribution in [3.8, 4) is 5.75 Å². The van der Waals surface area contributed by atoms with E-state index >= 15 is 0 Å². The van der Waals surface area contributed by atoms with Crippen LogP contribution in [0.2, 0.25) is 10.0 Å². The highest BCUT2D eigenvalue weighted by molar-refractivity contribution is 6.35. The van der Waals surface area contributed by atoms with Gasteiger partial charge >= 0.3 is 0 Å². The van der Waals surface area contributed by atoms with E-state index in [0.29, 0.717) is 23.0 Å². The molecule has 0 aliphatic heterocycles. The summed E-state index contributed by atoms with van der Waals surface area (Å²) in [4.78, 5) is 0. The third-order valence-corrected chi connectivity index (χ3v) is 3.67. The fourth-order valence-electron chi connectivity index (χ4n) is 1.94. The molecule has 0 spiro atoms. The van der Waals surface area contributed by atoms with Crippen LogP contribution in [0, 0.1) is 0 Å². The number of phenolic OH excluding ortho intramolecular Hbond substituents is 1. The van der Waals surface area contributed by atoms with E-state index in [0.717, 1.165) is 5.69 Å². The van der Waals surface area contributed by atoms with Crippen molar-refractivity contribution < 1.29 is 5.11 Å². The second-order valence-electron chi connectivity index (χ2n) is 5.03. The first-order valence-corrected chi connectivity index (χ1v) is 7.23. The number of anilines is 1. The van der Waals surface area contributed by atoms with Crippen LogP contribution in [0.4, 0.5) is 5.69 Å². The SMILES string of the molecule is CC(C)c1ccc(NCc2cc(Cl)cc(Cl)c2O)cc1. The van der Waals surface area contributed by atoms with Crippen LogP contribution in [-0.2, 0) is 6.54 Å². The summed E-state index contributed by atoms with van der Waals surface area (Å²) in [7, 11) is 0. The Kier molecular flexibility index (Phi) is 4.79. The highest BCUT2D eigenvalue weighted by Gasteiger charge is 2.08. The average molecular weight is 310 g/mol. The molecule has 4 heteroatoms. The first-order chi connectivity index (χ1) is 9.47. The van der Waals surface area contributed by atoms with Crippen molar-refractivity contribution in [1.29, 1.82) is 0 Å². The fourth-order valence-corrected chi connectivity index (χ4v) is 2.47. The quantitative estimate of drug-likeness (QED) is 0.788. The third-order valence-electron chi connectivity index (χ3n) is 3.17. The second kappa shape index (κ2) is 6.38. The lowest BCUT2D eigenvalue weighted by Crippen LogP contribution is -2.00. The topological polar surface area (TPSA) is 32.3 Å². The maximum absolute atomic E-state index is 9.89. The molecular weight excluding hydrogens is 293 g/mol. The standard InChI is InChI=1S/C16H17Cl2NO/c1-10(2)11-3-5-14(6-4-11)19-9-12-7-13(17)8-15(18)16(12)20/h3-8,10,19-20H,9H2,1-2H3. The van der Waals surface area contributed by atoms with Crippen molar-refractivity contribution in [2.75, 3.05) is 5.32 Å². The van der Waals surface area contributed by atoms with Crippen molar-refractivity contribution in [2.24, 2.45) is 0 Å². The van der Waals surface area contributed by atoms with E-state index in [9.17, 15) is 5.11 Å².